The number of hydrogen-bond acceptors (Lipinski definition) is 1. The van der Waals surface area contributed by atoms with Crippen LogP contribution in [0.4, 0.5) is 5.69 Å². The van der Waals surface area contributed by atoms with Crippen LogP contribution in [0.1, 0.15) is 63.4 Å². The van der Waals surface area contributed by atoms with Crippen LogP contribution < -0.4 is 4.90 Å². The number of piperidine rings is 1. The van der Waals surface area contributed by atoms with E-state index in [0.717, 1.165) is 11.8 Å². The van der Waals surface area contributed by atoms with Gasteiger partial charge in [-0.3, -0.25) is 0 Å². The molecule has 0 radical (unpaired) electrons. The highest BCUT2D eigenvalue weighted by atomic mass is 15.1. The molecule has 1 saturated carbocycles. The highest BCUT2D eigenvalue weighted by molar-refractivity contribution is 5.48. The van der Waals surface area contributed by atoms with Crippen LogP contribution in [-0.4, -0.2) is 13.1 Å². The monoisotopic (exact) mass is 257 g/mol. The number of rotatable bonds is 2. The molecule has 104 valence electrons. The van der Waals surface area contributed by atoms with E-state index in [-0.39, 0.29) is 0 Å². The lowest BCUT2D eigenvalue weighted by atomic mass is 9.84. The van der Waals surface area contributed by atoms with Crippen molar-refractivity contribution in [3.63, 3.8) is 0 Å². The zero-order chi connectivity index (χ0) is 13.1. The molecule has 0 bridgehead atoms. The molecule has 0 amide bonds. The summed E-state index contributed by atoms with van der Waals surface area (Å²) in [6, 6.07) is 9.51. The average Bonchev–Trinajstić information content (AvgIpc) is 2.49. The van der Waals surface area contributed by atoms with Crippen molar-refractivity contribution in [2.75, 3.05) is 18.0 Å². The third kappa shape index (κ3) is 3.13. The van der Waals surface area contributed by atoms with Gasteiger partial charge in [-0.05, 0) is 55.2 Å². The Labute approximate surface area is 118 Å². The van der Waals surface area contributed by atoms with E-state index < -0.39 is 0 Å². The second-order valence-corrected chi connectivity index (χ2v) is 6.60. The quantitative estimate of drug-likeness (QED) is 0.723. The van der Waals surface area contributed by atoms with E-state index in [1.165, 1.54) is 63.7 Å². The van der Waals surface area contributed by atoms with Crippen LogP contribution in [0.2, 0.25) is 0 Å². The van der Waals surface area contributed by atoms with Gasteiger partial charge in [0.15, 0.2) is 0 Å². The van der Waals surface area contributed by atoms with E-state index in [9.17, 15) is 0 Å². The van der Waals surface area contributed by atoms with Gasteiger partial charge >= 0.3 is 0 Å². The average molecular weight is 257 g/mol. The molecule has 0 spiro atoms. The molecule has 1 heterocycles. The third-order valence-electron chi connectivity index (χ3n) is 5.12. The Balaban J connectivity index is 1.65. The minimum Gasteiger partial charge on any atom is -0.372 e. The largest absolute Gasteiger partial charge is 0.372 e. The molecule has 19 heavy (non-hydrogen) atoms. The fraction of sp³-hybridized carbons (Fsp3) is 0.667. The van der Waals surface area contributed by atoms with Crippen molar-refractivity contribution < 1.29 is 0 Å². The Morgan fingerprint density at radius 3 is 2.11 bits per heavy atom. The molecular weight excluding hydrogens is 230 g/mol. The predicted octanol–water partition coefficient (Wildman–Crippen LogP) is 4.97. The van der Waals surface area contributed by atoms with E-state index in [0.29, 0.717) is 0 Å². The highest BCUT2D eigenvalue weighted by Gasteiger charge is 2.18. The van der Waals surface area contributed by atoms with Crippen LogP contribution in [0.15, 0.2) is 24.3 Å². The predicted molar refractivity (Wildman–Crippen MR) is 82.9 cm³/mol. The Morgan fingerprint density at radius 2 is 1.47 bits per heavy atom. The molecule has 2 fully saturated rings. The number of hydrogen-bond donors (Lipinski definition) is 0. The molecule has 0 aromatic heterocycles. The van der Waals surface area contributed by atoms with Crippen molar-refractivity contribution >= 4 is 5.69 Å². The van der Waals surface area contributed by atoms with Crippen LogP contribution in [0.5, 0.6) is 0 Å². The fourth-order valence-corrected chi connectivity index (χ4v) is 3.66. The molecule has 0 unspecified atom stereocenters. The standard InChI is InChI=1S/C18H27N/c1-15-11-13-19(14-12-15)18-9-7-17(8-10-18)16-5-3-2-4-6-16/h7-10,15-16H,2-6,11-14H2,1H3. The summed E-state index contributed by atoms with van der Waals surface area (Å²) in [5.41, 5.74) is 3.01. The van der Waals surface area contributed by atoms with Gasteiger partial charge in [0.2, 0.25) is 0 Å². The molecule has 3 rings (SSSR count). The first kappa shape index (κ1) is 13.0. The van der Waals surface area contributed by atoms with Gasteiger partial charge in [-0.1, -0.05) is 38.3 Å². The topological polar surface area (TPSA) is 3.24 Å². The summed E-state index contributed by atoms with van der Waals surface area (Å²) in [5.74, 6) is 1.75. The lowest BCUT2D eigenvalue weighted by molar-refractivity contribution is 0.437. The Bertz CT molecular complexity index is 381. The SMILES string of the molecule is CC1CCN(c2ccc(C3CCCCC3)cc2)CC1. The number of nitrogens with zero attached hydrogens (tertiary/aromatic N) is 1. The van der Waals surface area contributed by atoms with E-state index >= 15 is 0 Å². The first-order valence-electron chi connectivity index (χ1n) is 8.18. The van der Waals surface area contributed by atoms with E-state index in [4.69, 9.17) is 0 Å². The molecule has 2 aliphatic rings. The van der Waals surface area contributed by atoms with Gasteiger partial charge < -0.3 is 4.90 Å². The van der Waals surface area contributed by atoms with Crippen molar-refractivity contribution in [3.8, 4) is 0 Å². The minimum absolute atomic E-state index is 0.837. The summed E-state index contributed by atoms with van der Waals surface area (Å²) < 4.78 is 0. The lowest BCUT2D eigenvalue weighted by Crippen LogP contribution is -2.32. The van der Waals surface area contributed by atoms with Crippen LogP contribution in [0.3, 0.4) is 0 Å². The number of anilines is 1. The highest BCUT2D eigenvalue weighted by Crippen LogP contribution is 2.33. The summed E-state index contributed by atoms with van der Waals surface area (Å²) in [6.45, 7) is 4.86. The molecule has 0 atom stereocenters. The minimum atomic E-state index is 0.837. The summed E-state index contributed by atoms with van der Waals surface area (Å²) in [7, 11) is 0. The van der Waals surface area contributed by atoms with Crippen LogP contribution >= 0.6 is 0 Å². The molecule has 1 aromatic rings. The van der Waals surface area contributed by atoms with Crippen molar-refractivity contribution in [3.05, 3.63) is 29.8 Å². The molecule has 1 nitrogen and oxygen atoms in total. The fourth-order valence-electron chi connectivity index (χ4n) is 3.66. The molecule has 1 aromatic carbocycles. The van der Waals surface area contributed by atoms with E-state index in [2.05, 4.69) is 36.1 Å². The summed E-state index contributed by atoms with van der Waals surface area (Å²) in [5, 5.41) is 0. The molecule has 1 heteroatoms. The molecule has 1 aliphatic heterocycles. The summed E-state index contributed by atoms with van der Waals surface area (Å²) >= 11 is 0. The summed E-state index contributed by atoms with van der Waals surface area (Å²) in [6.07, 6.45) is 9.81. The van der Waals surface area contributed by atoms with Gasteiger partial charge in [0.25, 0.3) is 0 Å². The Hall–Kier alpha value is -0.980. The Morgan fingerprint density at radius 1 is 0.842 bits per heavy atom. The van der Waals surface area contributed by atoms with Crippen molar-refractivity contribution in [2.24, 2.45) is 5.92 Å². The van der Waals surface area contributed by atoms with E-state index in [1.54, 1.807) is 5.56 Å². The van der Waals surface area contributed by atoms with Gasteiger partial charge in [0, 0.05) is 18.8 Å². The second-order valence-electron chi connectivity index (χ2n) is 6.60. The maximum absolute atomic E-state index is 2.56. The normalized spacial score (nSPS) is 22.7. The first-order chi connectivity index (χ1) is 9.33. The smallest absolute Gasteiger partial charge is 0.0366 e. The zero-order valence-electron chi connectivity index (χ0n) is 12.3. The van der Waals surface area contributed by atoms with E-state index in [1.807, 2.05) is 0 Å². The molecule has 1 saturated heterocycles. The molecular formula is C18H27N. The van der Waals surface area contributed by atoms with Crippen molar-refractivity contribution in [1.29, 1.82) is 0 Å². The maximum atomic E-state index is 2.56. The van der Waals surface area contributed by atoms with Gasteiger partial charge in [0.1, 0.15) is 0 Å². The zero-order valence-corrected chi connectivity index (χ0v) is 12.3. The van der Waals surface area contributed by atoms with Crippen LogP contribution in [-0.2, 0) is 0 Å². The molecule has 0 N–H and O–H groups in total. The van der Waals surface area contributed by atoms with Crippen LogP contribution in [0.25, 0.3) is 0 Å². The second kappa shape index (κ2) is 5.98. The molecule has 1 aliphatic carbocycles. The van der Waals surface area contributed by atoms with Crippen molar-refractivity contribution in [2.45, 2.75) is 57.8 Å². The van der Waals surface area contributed by atoms with Crippen molar-refractivity contribution in [1.82, 2.24) is 0 Å². The van der Waals surface area contributed by atoms with Gasteiger partial charge in [-0.25, -0.2) is 0 Å². The lowest BCUT2D eigenvalue weighted by Gasteiger charge is -2.32. The first-order valence-corrected chi connectivity index (χ1v) is 8.18. The maximum Gasteiger partial charge on any atom is 0.0366 e. The third-order valence-corrected chi connectivity index (χ3v) is 5.12. The van der Waals surface area contributed by atoms with Gasteiger partial charge in [-0.15, -0.1) is 0 Å². The van der Waals surface area contributed by atoms with Gasteiger partial charge in [-0.2, -0.15) is 0 Å². The Kier molecular flexibility index (Phi) is 4.10. The number of benzene rings is 1. The van der Waals surface area contributed by atoms with Crippen LogP contribution in [0, 0.1) is 5.92 Å². The van der Waals surface area contributed by atoms with Gasteiger partial charge in [0.05, 0.1) is 0 Å². The summed E-state index contributed by atoms with van der Waals surface area (Å²) in [4.78, 5) is 2.56.